The summed E-state index contributed by atoms with van der Waals surface area (Å²) in [6, 6.07) is 11.3. The zero-order chi connectivity index (χ0) is 18.8. The smallest absolute Gasteiger partial charge is 0.261 e. The van der Waals surface area contributed by atoms with E-state index in [1.54, 1.807) is 34.9 Å². The van der Waals surface area contributed by atoms with Gasteiger partial charge in [-0.1, -0.05) is 17.9 Å². The molecule has 1 N–H and O–H groups in total. The van der Waals surface area contributed by atoms with Gasteiger partial charge in [-0.05, 0) is 36.4 Å². The molecule has 0 bridgehead atoms. The first-order valence-electron chi connectivity index (χ1n) is 8.68. The molecule has 0 unspecified atom stereocenters. The maximum atomic E-state index is 13.3. The molecule has 134 valence electrons. The maximum absolute atomic E-state index is 13.3. The zero-order valence-electron chi connectivity index (χ0n) is 14.5. The number of rotatable bonds is 0. The summed E-state index contributed by atoms with van der Waals surface area (Å²) in [4.78, 5) is 29.0. The van der Waals surface area contributed by atoms with Gasteiger partial charge in [-0.25, -0.2) is 9.37 Å². The summed E-state index contributed by atoms with van der Waals surface area (Å²) in [6.45, 7) is 0.778. The van der Waals surface area contributed by atoms with E-state index < -0.39 is 0 Å². The average Bonchev–Trinajstić information content (AvgIpc) is 2.64. The molecule has 0 radical (unpaired) electrons. The van der Waals surface area contributed by atoms with Crippen LogP contribution < -0.4 is 10.9 Å². The van der Waals surface area contributed by atoms with Gasteiger partial charge in [0.25, 0.3) is 5.56 Å². The van der Waals surface area contributed by atoms with Crippen molar-refractivity contribution in [2.75, 3.05) is 6.54 Å². The monoisotopic (exact) mass is 361 g/mol. The Hall–Kier alpha value is -3.46. The summed E-state index contributed by atoms with van der Waals surface area (Å²) in [7, 11) is 0. The van der Waals surface area contributed by atoms with E-state index in [0.29, 0.717) is 47.4 Å². The molecule has 0 saturated carbocycles. The summed E-state index contributed by atoms with van der Waals surface area (Å²) < 4.78 is 14.8. The van der Waals surface area contributed by atoms with Crippen LogP contribution in [0, 0.1) is 17.7 Å². The molecule has 0 aliphatic carbocycles. The van der Waals surface area contributed by atoms with Crippen molar-refractivity contribution in [1.82, 2.24) is 14.9 Å². The van der Waals surface area contributed by atoms with Crippen molar-refractivity contribution >= 4 is 16.8 Å². The van der Waals surface area contributed by atoms with E-state index >= 15 is 0 Å². The Balaban J connectivity index is 1.75. The van der Waals surface area contributed by atoms with Crippen LogP contribution in [0.15, 0.2) is 47.3 Å². The summed E-state index contributed by atoms with van der Waals surface area (Å²) in [5, 5.41) is 3.30. The van der Waals surface area contributed by atoms with E-state index in [9.17, 15) is 14.0 Å². The first-order chi connectivity index (χ1) is 13.1. The number of amides is 1. The third-order valence-corrected chi connectivity index (χ3v) is 4.44. The quantitative estimate of drug-likeness (QED) is 0.623. The number of nitrogens with zero attached hydrogens (tertiary/aromatic N) is 2. The second-order valence-corrected chi connectivity index (χ2v) is 6.33. The van der Waals surface area contributed by atoms with E-state index in [1.807, 2.05) is 0 Å². The fraction of sp³-hybridized carbons (Fsp3) is 0.190. The molecule has 1 amide bonds. The van der Waals surface area contributed by atoms with E-state index in [4.69, 9.17) is 0 Å². The molecule has 0 spiro atoms. The molecule has 6 heteroatoms. The van der Waals surface area contributed by atoms with Crippen LogP contribution in [0.4, 0.5) is 4.39 Å². The van der Waals surface area contributed by atoms with Gasteiger partial charge in [0.1, 0.15) is 11.6 Å². The molecule has 1 aliphatic rings. The maximum Gasteiger partial charge on any atom is 0.261 e. The highest BCUT2D eigenvalue weighted by molar-refractivity contribution is 5.80. The SMILES string of the molecule is O=C1CCn2c(nc3cc(C#Cc4cccc(F)c4)ccc3c2=O)CCN1. The largest absolute Gasteiger partial charge is 0.356 e. The van der Waals surface area contributed by atoms with Crippen molar-refractivity contribution in [3.05, 3.63) is 75.6 Å². The van der Waals surface area contributed by atoms with Crippen molar-refractivity contribution in [3.8, 4) is 11.8 Å². The minimum atomic E-state index is -0.333. The Bertz CT molecular complexity index is 1170. The molecule has 2 heterocycles. The van der Waals surface area contributed by atoms with Crippen LogP contribution in [-0.4, -0.2) is 22.0 Å². The number of fused-ring (bicyclic) bond motifs is 2. The molecule has 27 heavy (non-hydrogen) atoms. The molecule has 4 rings (SSSR count). The lowest BCUT2D eigenvalue weighted by molar-refractivity contribution is -0.121. The molecule has 0 fully saturated rings. The standard InChI is InChI=1S/C21H16FN3O2/c22-16-3-1-2-14(12-16)4-5-15-6-7-17-18(13-15)24-19-8-10-23-20(26)9-11-25(19)21(17)27/h1-3,6-7,12-13H,8-11H2,(H,23,26). The molecular weight excluding hydrogens is 345 g/mol. The van der Waals surface area contributed by atoms with Gasteiger partial charge in [-0.3, -0.25) is 14.2 Å². The normalized spacial score (nSPS) is 13.7. The van der Waals surface area contributed by atoms with Crippen LogP contribution in [0.3, 0.4) is 0 Å². The number of hydrogen-bond acceptors (Lipinski definition) is 3. The fourth-order valence-corrected chi connectivity index (χ4v) is 3.09. The second kappa shape index (κ2) is 7.04. The number of aromatic nitrogens is 2. The van der Waals surface area contributed by atoms with Crippen molar-refractivity contribution in [1.29, 1.82) is 0 Å². The first kappa shape index (κ1) is 17.0. The highest BCUT2D eigenvalue weighted by Crippen LogP contribution is 2.13. The molecule has 3 aromatic rings. The summed E-state index contributed by atoms with van der Waals surface area (Å²) in [5.74, 6) is 6.17. The molecule has 0 saturated heterocycles. The van der Waals surface area contributed by atoms with E-state index in [0.717, 1.165) is 0 Å². The predicted molar refractivity (Wildman–Crippen MR) is 99.7 cm³/mol. The highest BCUT2D eigenvalue weighted by Gasteiger charge is 2.15. The van der Waals surface area contributed by atoms with E-state index in [-0.39, 0.29) is 23.7 Å². The number of hydrogen-bond donors (Lipinski definition) is 1. The van der Waals surface area contributed by atoms with E-state index in [2.05, 4.69) is 22.1 Å². The molecule has 1 aliphatic heterocycles. The van der Waals surface area contributed by atoms with Crippen LogP contribution in [-0.2, 0) is 17.8 Å². The summed E-state index contributed by atoms with van der Waals surface area (Å²) in [5.41, 5.74) is 1.71. The van der Waals surface area contributed by atoms with Crippen LogP contribution in [0.1, 0.15) is 23.4 Å². The number of carbonyl (C=O) groups excluding carboxylic acids is 1. The minimum Gasteiger partial charge on any atom is -0.356 e. The summed E-state index contributed by atoms with van der Waals surface area (Å²) in [6.07, 6.45) is 0.757. The molecular formula is C21H16FN3O2. The fourth-order valence-electron chi connectivity index (χ4n) is 3.09. The lowest BCUT2D eigenvalue weighted by Gasteiger charge is -2.16. The van der Waals surface area contributed by atoms with Gasteiger partial charge in [0, 0.05) is 37.1 Å². The van der Waals surface area contributed by atoms with Crippen molar-refractivity contribution in [2.24, 2.45) is 0 Å². The number of benzene rings is 2. The van der Waals surface area contributed by atoms with Gasteiger partial charge in [0.2, 0.25) is 5.91 Å². The third kappa shape index (κ3) is 3.58. The van der Waals surface area contributed by atoms with Crippen molar-refractivity contribution in [2.45, 2.75) is 19.4 Å². The lowest BCUT2D eigenvalue weighted by atomic mass is 10.1. The Morgan fingerprint density at radius 3 is 2.67 bits per heavy atom. The zero-order valence-corrected chi connectivity index (χ0v) is 14.5. The van der Waals surface area contributed by atoms with Gasteiger partial charge in [0.15, 0.2) is 0 Å². The molecule has 1 aromatic heterocycles. The Kier molecular flexibility index (Phi) is 4.43. The third-order valence-electron chi connectivity index (χ3n) is 4.44. The number of nitrogens with one attached hydrogen (secondary N) is 1. The van der Waals surface area contributed by atoms with Crippen LogP contribution in [0.5, 0.6) is 0 Å². The Morgan fingerprint density at radius 1 is 1.04 bits per heavy atom. The van der Waals surface area contributed by atoms with Crippen LogP contribution in [0.25, 0.3) is 10.9 Å². The number of carbonyl (C=O) groups is 1. The van der Waals surface area contributed by atoms with Crippen LogP contribution >= 0.6 is 0 Å². The lowest BCUT2D eigenvalue weighted by Crippen LogP contribution is -2.35. The van der Waals surface area contributed by atoms with Crippen LogP contribution in [0.2, 0.25) is 0 Å². The van der Waals surface area contributed by atoms with Gasteiger partial charge in [-0.2, -0.15) is 0 Å². The molecule has 5 nitrogen and oxygen atoms in total. The second-order valence-electron chi connectivity index (χ2n) is 6.33. The van der Waals surface area contributed by atoms with Crippen molar-refractivity contribution < 1.29 is 9.18 Å². The van der Waals surface area contributed by atoms with Crippen molar-refractivity contribution in [3.63, 3.8) is 0 Å². The first-order valence-corrected chi connectivity index (χ1v) is 8.68. The average molecular weight is 361 g/mol. The predicted octanol–water partition coefficient (Wildman–Crippen LogP) is 2.00. The van der Waals surface area contributed by atoms with Gasteiger partial charge < -0.3 is 5.32 Å². The molecule has 2 aromatic carbocycles. The van der Waals surface area contributed by atoms with E-state index in [1.165, 1.54) is 12.1 Å². The highest BCUT2D eigenvalue weighted by atomic mass is 19.1. The topological polar surface area (TPSA) is 64.0 Å². The Morgan fingerprint density at radius 2 is 1.85 bits per heavy atom. The minimum absolute atomic E-state index is 0.0596. The molecule has 0 atom stereocenters. The van der Waals surface area contributed by atoms with Gasteiger partial charge in [0.05, 0.1) is 10.9 Å². The summed E-state index contributed by atoms with van der Waals surface area (Å²) >= 11 is 0. The van der Waals surface area contributed by atoms with Gasteiger partial charge in [-0.15, -0.1) is 0 Å². The Labute approximate surface area is 154 Å². The number of halogens is 1. The van der Waals surface area contributed by atoms with Gasteiger partial charge >= 0.3 is 0 Å².